The molecule has 8 heteroatoms. The summed E-state index contributed by atoms with van der Waals surface area (Å²) in [7, 11) is 0. The van der Waals surface area contributed by atoms with E-state index >= 15 is 0 Å². The number of alkyl halides is 3. The van der Waals surface area contributed by atoms with Crippen LogP contribution in [-0.4, -0.2) is 22.3 Å². The third kappa shape index (κ3) is 4.15. The molecule has 2 heterocycles. The van der Waals surface area contributed by atoms with Crippen LogP contribution in [0.3, 0.4) is 0 Å². The van der Waals surface area contributed by atoms with Gasteiger partial charge >= 0.3 is 6.18 Å². The van der Waals surface area contributed by atoms with Gasteiger partial charge in [-0.15, -0.1) is 0 Å². The highest BCUT2D eigenvalue weighted by molar-refractivity contribution is 9.10. The summed E-state index contributed by atoms with van der Waals surface area (Å²) < 4.78 is 47.2. The van der Waals surface area contributed by atoms with Crippen molar-refractivity contribution in [3.63, 3.8) is 0 Å². The number of aromatic nitrogens is 1. The molecule has 1 aliphatic rings. The van der Waals surface area contributed by atoms with Crippen molar-refractivity contribution in [2.24, 2.45) is 0 Å². The van der Waals surface area contributed by atoms with Crippen molar-refractivity contribution in [2.75, 3.05) is 6.54 Å². The number of benzene rings is 3. The van der Waals surface area contributed by atoms with Crippen molar-refractivity contribution in [1.82, 2.24) is 9.88 Å². The van der Waals surface area contributed by atoms with E-state index in [9.17, 15) is 18.0 Å². The Hall–Kier alpha value is -3.13. The van der Waals surface area contributed by atoms with Crippen LogP contribution in [0.4, 0.5) is 13.2 Å². The summed E-state index contributed by atoms with van der Waals surface area (Å²) in [6.45, 7) is 0.586. The molecule has 4 aromatic rings. The molecule has 1 amide bonds. The van der Waals surface area contributed by atoms with Crippen LogP contribution >= 0.6 is 15.9 Å². The van der Waals surface area contributed by atoms with Gasteiger partial charge in [0, 0.05) is 16.6 Å². The third-order valence-electron chi connectivity index (χ3n) is 5.84. The lowest BCUT2D eigenvalue weighted by molar-refractivity contribution is -0.137. The highest BCUT2D eigenvalue weighted by Gasteiger charge is 2.35. The lowest BCUT2D eigenvalue weighted by Crippen LogP contribution is -2.30. The predicted molar refractivity (Wildman–Crippen MR) is 122 cm³/mol. The Morgan fingerprint density at radius 3 is 2.58 bits per heavy atom. The Balaban J connectivity index is 1.48. The summed E-state index contributed by atoms with van der Waals surface area (Å²) in [6.07, 6.45) is -2.94. The molecule has 0 saturated carbocycles. The summed E-state index contributed by atoms with van der Waals surface area (Å²) in [5.74, 6) is 0.293. The highest BCUT2D eigenvalue weighted by Crippen LogP contribution is 2.39. The van der Waals surface area contributed by atoms with Gasteiger partial charge in [0.1, 0.15) is 11.6 Å². The first-order valence-electron chi connectivity index (χ1n) is 10.4. The Labute approximate surface area is 196 Å². The molecule has 33 heavy (non-hydrogen) atoms. The molecule has 1 aromatic heterocycles. The Kier molecular flexibility index (Phi) is 5.48. The second-order valence-electron chi connectivity index (χ2n) is 7.94. The molecular formula is C25H18BrF3N2O2. The summed E-state index contributed by atoms with van der Waals surface area (Å²) in [5.41, 5.74) is 1.31. The number of nitrogens with zero attached hydrogens (tertiary/aromatic N) is 2. The van der Waals surface area contributed by atoms with Gasteiger partial charge in [-0.25, -0.2) is 4.98 Å². The maximum Gasteiger partial charge on any atom is 0.417 e. The molecule has 0 aliphatic carbocycles. The third-order valence-corrected chi connectivity index (χ3v) is 6.37. The minimum Gasteiger partial charge on any atom is -0.438 e. The zero-order chi connectivity index (χ0) is 23.2. The fourth-order valence-corrected chi connectivity index (χ4v) is 4.53. The van der Waals surface area contributed by atoms with Gasteiger partial charge in [0.25, 0.3) is 5.91 Å². The van der Waals surface area contributed by atoms with E-state index in [1.54, 1.807) is 41.3 Å². The molecule has 168 valence electrons. The number of oxazole rings is 1. The van der Waals surface area contributed by atoms with Crippen molar-refractivity contribution >= 4 is 32.9 Å². The van der Waals surface area contributed by atoms with E-state index in [0.29, 0.717) is 41.1 Å². The number of amides is 1. The summed E-state index contributed by atoms with van der Waals surface area (Å²) >= 11 is 3.37. The minimum absolute atomic E-state index is 0.0874. The van der Waals surface area contributed by atoms with Crippen molar-refractivity contribution in [1.29, 1.82) is 0 Å². The van der Waals surface area contributed by atoms with Crippen LogP contribution in [0, 0.1) is 0 Å². The molecule has 1 fully saturated rings. The molecule has 1 aliphatic heterocycles. The fourth-order valence-electron chi connectivity index (χ4n) is 4.26. The summed E-state index contributed by atoms with van der Waals surface area (Å²) in [6, 6.07) is 17.1. The number of halogens is 4. The second kappa shape index (κ2) is 8.33. The monoisotopic (exact) mass is 514 g/mol. The van der Waals surface area contributed by atoms with Gasteiger partial charge in [-0.05, 0) is 66.4 Å². The van der Waals surface area contributed by atoms with E-state index in [1.807, 2.05) is 12.1 Å². The molecular weight excluding hydrogens is 497 g/mol. The van der Waals surface area contributed by atoms with Crippen LogP contribution in [0.2, 0.25) is 0 Å². The van der Waals surface area contributed by atoms with Gasteiger partial charge in [0.05, 0.1) is 5.56 Å². The maximum absolute atomic E-state index is 13.5. The molecule has 1 unspecified atom stereocenters. The van der Waals surface area contributed by atoms with Gasteiger partial charge in [-0.2, -0.15) is 13.2 Å². The summed E-state index contributed by atoms with van der Waals surface area (Å²) in [5, 5.41) is 0. The lowest BCUT2D eigenvalue weighted by Gasteiger charge is -2.22. The first-order chi connectivity index (χ1) is 15.8. The highest BCUT2D eigenvalue weighted by atomic mass is 79.9. The van der Waals surface area contributed by atoms with E-state index in [0.717, 1.165) is 17.0 Å². The average molecular weight is 515 g/mol. The number of carbonyl (C=O) groups excluding carboxylic acids is 1. The normalized spacial score (nSPS) is 16.5. The molecule has 3 aromatic carbocycles. The van der Waals surface area contributed by atoms with E-state index in [4.69, 9.17) is 4.42 Å². The molecule has 1 atom stereocenters. The Morgan fingerprint density at radius 1 is 1.06 bits per heavy atom. The van der Waals surface area contributed by atoms with E-state index in [1.165, 1.54) is 12.1 Å². The van der Waals surface area contributed by atoms with Crippen LogP contribution in [0.25, 0.3) is 22.2 Å². The zero-order valence-corrected chi connectivity index (χ0v) is 18.9. The predicted octanol–water partition coefficient (Wildman–Crippen LogP) is 7.25. The number of likely N-dealkylation sites (tertiary alicyclic amines) is 1. The standard InChI is InChI=1S/C25H18BrF3N2O2/c26-17-10-7-15(8-11-17)24(32)31-13-3-6-21(31)23-30-20-14-16(9-12-22(20)33-23)18-4-1-2-5-19(18)25(27,28)29/h1-2,4-5,7-12,14,21H,3,6,13H2. The van der Waals surface area contributed by atoms with Crippen LogP contribution in [-0.2, 0) is 6.18 Å². The van der Waals surface area contributed by atoms with Crippen molar-refractivity contribution in [2.45, 2.75) is 25.1 Å². The van der Waals surface area contributed by atoms with Gasteiger partial charge in [0.2, 0.25) is 5.89 Å². The molecule has 0 bridgehead atoms. The number of rotatable bonds is 3. The van der Waals surface area contributed by atoms with Gasteiger partial charge in [0.15, 0.2) is 5.58 Å². The van der Waals surface area contributed by atoms with Crippen LogP contribution in [0.1, 0.15) is 40.7 Å². The van der Waals surface area contributed by atoms with Crippen LogP contribution in [0.15, 0.2) is 75.6 Å². The SMILES string of the molecule is O=C(c1ccc(Br)cc1)N1CCCC1c1nc2cc(-c3ccccc3C(F)(F)F)ccc2o1. The smallest absolute Gasteiger partial charge is 0.417 e. The van der Waals surface area contributed by atoms with Gasteiger partial charge < -0.3 is 9.32 Å². The molecule has 0 N–H and O–H groups in total. The Bertz CT molecular complexity index is 1330. The number of carbonyl (C=O) groups is 1. The zero-order valence-electron chi connectivity index (χ0n) is 17.3. The topological polar surface area (TPSA) is 46.3 Å². The molecule has 5 rings (SSSR count). The maximum atomic E-state index is 13.5. The molecule has 4 nitrogen and oxygen atoms in total. The first-order valence-corrected chi connectivity index (χ1v) is 11.2. The summed E-state index contributed by atoms with van der Waals surface area (Å²) in [4.78, 5) is 19.4. The lowest BCUT2D eigenvalue weighted by atomic mass is 9.99. The second-order valence-corrected chi connectivity index (χ2v) is 8.86. The van der Waals surface area contributed by atoms with E-state index < -0.39 is 11.7 Å². The number of hydrogen-bond donors (Lipinski definition) is 0. The van der Waals surface area contributed by atoms with E-state index in [-0.39, 0.29) is 17.5 Å². The van der Waals surface area contributed by atoms with Crippen molar-refractivity contribution in [3.05, 3.63) is 88.2 Å². The molecule has 0 spiro atoms. The Morgan fingerprint density at radius 2 is 1.82 bits per heavy atom. The van der Waals surface area contributed by atoms with Crippen LogP contribution < -0.4 is 0 Å². The molecule has 0 radical (unpaired) electrons. The van der Waals surface area contributed by atoms with Crippen molar-refractivity contribution < 1.29 is 22.4 Å². The van der Waals surface area contributed by atoms with Crippen molar-refractivity contribution in [3.8, 4) is 11.1 Å². The van der Waals surface area contributed by atoms with Gasteiger partial charge in [-0.3, -0.25) is 4.79 Å². The number of fused-ring (bicyclic) bond motifs is 1. The average Bonchev–Trinajstić information content (AvgIpc) is 3.45. The quantitative estimate of drug-likeness (QED) is 0.289. The minimum atomic E-state index is -4.46. The van der Waals surface area contributed by atoms with Gasteiger partial charge in [-0.1, -0.05) is 40.2 Å². The fraction of sp³-hybridized carbons (Fsp3) is 0.200. The number of hydrogen-bond acceptors (Lipinski definition) is 3. The van der Waals surface area contributed by atoms with E-state index in [2.05, 4.69) is 20.9 Å². The largest absolute Gasteiger partial charge is 0.438 e. The first kappa shape index (κ1) is 21.7. The molecule has 1 saturated heterocycles. The van der Waals surface area contributed by atoms with Crippen LogP contribution in [0.5, 0.6) is 0 Å².